The van der Waals surface area contributed by atoms with Crippen molar-refractivity contribution in [3.63, 3.8) is 0 Å². The first-order chi connectivity index (χ1) is 52.1. The van der Waals surface area contributed by atoms with Crippen LogP contribution in [-0.4, -0.2) is 175 Å². The Morgan fingerprint density at radius 3 is 0.564 bits per heavy atom. The van der Waals surface area contributed by atoms with Gasteiger partial charge in [0.15, 0.2) is 0 Å². The van der Waals surface area contributed by atoms with Gasteiger partial charge < -0.3 is 60.0 Å². The topological polar surface area (TPSA) is 218 Å². The third-order valence-electron chi connectivity index (χ3n) is 23.8. The van der Waals surface area contributed by atoms with E-state index in [1.807, 2.05) is 92.6 Å². The van der Waals surface area contributed by atoms with Gasteiger partial charge >= 0.3 is 0 Å². The molecule has 0 bridgehead atoms. The van der Waals surface area contributed by atoms with Crippen LogP contribution in [0.1, 0.15) is 285 Å². The summed E-state index contributed by atoms with van der Waals surface area (Å²) in [5.41, 5.74) is 12.8. The van der Waals surface area contributed by atoms with Crippen LogP contribution in [0.4, 0.5) is 34.1 Å². The lowest BCUT2D eigenvalue weighted by atomic mass is 9.84. The van der Waals surface area contributed by atoms with Gasteiger partial charge in [0, 0.05) is 148 Å². The van der Waals surface area contributed by atoms with Crippen LogP contribution in [-0.2, 0) is 0 Å². The second kappa shape index (κ2) is 43.6. The minimum atomic E-state index is -0.593. The minimum Gasteiger partial charge on any atom is -0.393 e. The summed E-state index contributed by atoms with van der Waals surface area (Å²) in [4.78, 5) is 41.2. The molecule has 110 heavy (non-hydrogen) atoms. The predicted molar refractivity (Wildman–Crippen MR) is 459 cm³/mol. The van der Waals surface area contributed by atoms with E-state index in [2.05, 4.69) is 215 Å². The van der Waals surface area contributed by atoms with Gasteiger partial charge in [0.05, 0.1) is 107 Å². The maximum Gasteiger partial charge on any atom is 0.0636 e. The molecule has 0 radical (unpaired) electrons. The van der Waals surface area contributed by atoms with Crippen LogP contribution in [0.5, 0.6) is 0 Å². The first-order valence-electron chi connectivity index (χ1n) is 42.5. The van der Waals surface area contributed by atoms with E-state index in [0.29, 0.717) is 71.0 Å². The molecule has 10 atom stereocenters. The zero-order valence-electron chi connectivity index (χ0n) is 71.7. The normalized spacial score (nSPS) is 21.8. The van der Waals surface area contributed by atoms with E-state index in [-0.39, 0.29) is 24.4 Å². The molecule has 0 amide bonds. The van der Waals surface area contributed by atoms with Crippen LogP contribution >= 0.6 is 0 Å². The molecule has 18 heteroatoms. The molecule has 6 fully saturated rings. The predicted octanol–water partition coefficient (Wildman–Crippen LogP) is 17.6. The fourth-order valence-electron chi connectivity index (χ4n) is 15.7. The molecular weight excluding hydrogens is 1370 g/mol. The largest absolute Gasteiger partial charge is 0.393 e. The second-order valence-electron chi connectivity index (χ2n) is 35.8. The van der Waals surface area contributed by atoms with Gasteiger partial charge in [-0.1, -0.05) is 83.1 Å². The van der Waals surface area contributed by atoms with E-state index in [4.69, 9.17) is 0 Å². The van der Waals surface area contributed by atoms with Crippen molar-refractivity contribution in [2.45, 2.75) is 287 Å². The van der Waals surface area contributed by atoms with Gasteiger partial charge in [0.25, 0.3) is 0 Å². The zero-order chi connectivity index (χ0) is 80.6. The highest BCUT2D eigenvalue weighted by molar-refractivity contribution is 5.50. The van der Waals surface area contributed by atoms with Crippen LogP contribution in [0.15, 0.2) is 110 Å². The first kappa shape index (κ1) is 90.7. The molecule has 0 aromatic carbocycles. The number of hydrogen-bond donors (Lipinski definition) is 6. The van der Waals surface area contributed by atoms with E-state index in [9.17, 15) is 30.6 Å². The molecule has 6 aromatic heterocycles. The fourth-order valence-corrected chi connectivity index (χ4v) is 15.7. The lowest BCUT2D eigenvalue weighted by Crippen LogP contribution is -2.44. The number of rotatable bonds is 18. The Balaban J connectivity index is 0.000000184. The molecule has 6 N–H and O–H groups in total. The van der Waals surface area contributed by atoms with Gasteiger partial charge in [-0.3, -0.25) is 29.9 Å². The van der Waals surface area contributed by atoms with Crippen LogP contribution in [0.3, 0.4) is 0 Å². The van der Waals surface area contributed by atoms with Gasteiger partial charge in [-0.25, -0.2) is 0 Å². The Labute approximate surface area is 665 Å². The van der Waals surface area contributed by atoms with Crippen molar-refractivity contribution in [2.75, 3.05) is 108 Å². The van der Waals surface area contributed by atoms with E-state index >= 15 is 0 Å². The molecule has 6 aromatic rings. The highest BCUT2D eigenvalue weighted by Crippen LogP contribution is 2.35. The number of aliphatic hydroxyl groups is 6. The number of nitrogens with zero attached hydrogens (tertiary/aromatic N) is 12. The minimum absolute atomic E-state index is 0.212. The highest BCUT2D eigenvalue weighted by Gasteiger charge is 2.34. The fraction of sp³-hybridized carbons (Fsp3) is 0.674. The second-order valence-corrected chi connectivity index (χ2v) is 35.8. The first-order valence-corrected chi connectivity index (χ1v) is 42.5. The molecule has 6 aliphatic rings. The Morgan fingerprint density at radius 2 is 0.427 bits per heavy atom. The van der Waals surface area contributed by atoms with E-state index in [1.54, 1.807) is 0 Å². The third-order valence-corrected chi connectivity index (χ3v) is 23.8. The maximum absolute atomic E-state index is 10.2. The molecule has 0 aliphatic carbocycles. The zero-order valence-corrected chi connectivity index (χ0v) is 71.7. The van der Waals surface area contributed by atoms with Crippen molar-refractivity contribution >= 4 is 34.1 Å². The molecular formula is C92H148N12O6. The summed E-state index contributed by atoms with van der Waals surface area (Å²) in [5, 5.41) is 59.2. The van der Waals surface area contributed by atoms with Crippen molar-refractivity contribution in [1.29, 1.82) is 0 Å². The van der Waals surface area contributed by atoms with Crippen molar-refractivity contribution in [2.24, 2.45) is 35.5 Å². The van der Waals surface area contributed by atoms with Crippen molar-refractivity contribution in [1.82, 2.24) is 29.9 Å². The molecule has 12 heterocycles. The summed E-state index contributed by atoms with van der Waals surface area (Å²) < 4.78 is 0. The van der Waals surface area contributed by atoms with Gasteiger partial charge in [0.1, 0.15) is 0 Å². The van der Waals surface area contributed by atoms with Crippen molar-refractivity contribution in [3.05, 3.63) is 144 Å². The highest BCUT2D eigenvalue weighted by atomic mass is 16.3. The average molecular weight is 1520 g/mol. The number of anilines is 6. The number of aromatic nitrogens is 6. The Morgan fingerprint density at radius 1 is 0.264 bits per heavy atom. The van der Waals surface area contributed by atoms with Gasteiger partial charge in [0.2, 0.25) is 0 Å². The van der Waals surface area contributed by atoms with E-state index in [1.165, 1.54) is 34.1 Å². The maximum atomic E-state index is 10.2. The van der Waals surface area contributed by atoms with Crippen LogP contribution in [0, 0.1) is 35.5 Å². The van der Waals surface area contributed by atoms with Crippen molar-refractivity contribution < 1.29 is 30.6 Å². The summed E-state index contributed by atoms with van der Waals surface area (Å²) in [7, 11) is 0. The number of pyridine rings is 6. The summed E-state index contributed by atoms with van der Waals surface area (Å²) in [6.45, 7) is 53.2. The van der Waals surface area contributed by atoms with Gasteiger partial charge in [-0.05, 0) is 241 Å². The SMILES string of the molecule is CC(C)c1ccc(N2CCCC(C(C)O)C2)cn1.CC(C)c1ccc(N2CCC[C@@H](C(C)(C)O)C2)cn1.CC(C)c1ccc(N2CCC[C@@H]([C@@H](C)O)C2)cn1.CC(C)c1ccc(N2CCC[C@H](C(C)(C)O)C2)cn1.CC(C)c1ccc(N2CCC[C@H]([C@@H](C)O)C2)cn1.CC(C)c1ccc(N2CCC[C@H]([C@H](C)O)C2)cn1. The van der Waals surface area contributed by atoms with E-state index in [0.717, 1.165) is 190 Å². The summed E-state index contributed by atoms with van der Waals surface area (Å²) in [6.07, 6.45) is 24.6. The van der Waals surface area contributed by atoms with Crippen LogP contribution in [0.2, 0.25) is 0 Å². The van der Waals surface area contributed by atoms with Crippen molar-refractivity contribution in [3.8, 4) is 0 Å². The van der Waals surface area contributed by atoms with Crippen LogP contribution in [0.25, 0.3) is 0 Å². The smallest absolute Gasteiger partial charge is 0.0636 e. The molecule has 612 valence electrons. The number of piperidine rings is 6. The number of aliphatic hydroxyl groups excluding tert-OH is 4. The monoisotopic (exact) mass is 1520 g/mol. The standard InChI is InChI=1S/2C16H26N2O.4C15H24N2O/c2*1-12(2)15-8-7-14(10-17-15)18-9-5-6-13(11-18)16(3,4)19;4*1-11(2)15-7-6-14(9-16-15)17-8-4-5-13(10-17)12(3)18/h2*7-8,10,12-13,19H,5-6,9,11H2,1-4H3;4*6-7,9,11-13,18H,4-5,8,10H2,1-3H3/t2*13-;12-,13+;2*12-,13-;/m10110./s1. The molecule has 6 aliphatic heterocycles. The third kappa shape index (κ3) is 28.5. The number of hydrogen-bond acceptors (Lipinski definition) is 18. The molecule has 12 rings (SSSR count). The molecule has 18 nitrogen and oxygen atoms in total. The average Bonchev–Trinajstić information content (AvgIpc) is 0.847. The Hall–Kier alpha value is -6.54. The summed E-state index contributed by atoms with van der Waals surface area (Å²) >= 11 is 0. The summed E-state index contributed by atoms with van der Waals surface area (Å²) in [6, 6.07) is 25.7. The molecule has 2 unspecified atom stereocenters. The van der Waals surface area contributed by atoms with Gasteiger partial charge in [-0.15, -0.1) is 0 Å². The van der Waals surface area contributed by atoms with E-state index < -0.39 is 11.2 Å². The van der Waals surface area contributed by atoms with Crippen LogP contribution < -0.4 is 29.4 Å². The molecule has 0 spiro atoms. The molecule has 0 saturated carbocycles. The van der Waals surface area contributed by atoms with Gasteiger partial charge in [-0.2, -0.15) is 0 Å². The Bertz CT molecular complexity index is 3120. The lowest BCUT2D eigenvalue weighted by Gasteiger charge is -2.39. The lowest BCUT2D eigenvalue weighted by molar-refractivity contribution is 0.0106. The quantitative estimate of drug-likeness (QED) is 0.0471. The Kier molecular flexibility index (Phi) is 36.0. The summed E-state index contributed by atoms with van der Waals surface area (Å²) in [5.74, 6) is 5.10. The molecule has 6 saturated heterocycles.